The number of carbonyl (C=O) groups is 6. The monoisotopic (exact) mass is 1790 g/mol. The molecule has 0 bridgehead atoms. The minimum Gasteiger partial charge on any atom is -0.505 e. The highest BCUT2D eigenvalue weighted by Gasteiger charge is 2.46. The average molecular weight is 1790 g/mol. The summed E-state index contributed by atoms with van der Waals surface area (Å²) in [5, 5.41) is 67.4. The van der Waals surface area contributed by atoms with Crippen molar-refractivity contribution in [3.8, 4) is 0 Å². The number of sulfone groups is 1. The molecule has 0 radical (unpaired) electrons. The van der Waals surface area contributed by atoms with Gasteiger partial charge in [0.25, 0.3) is 21.8 Å². The molecule has 124 heavy (non-hydrogen) atoms. The summed E-state index contributed by atoms with van der Waals surface area (Å²) in [7, 11) is 16.4. The summed E-state index contributed by atoms with van der Waals surface area (Å²) in [5.41, 5.74) is 6.33. The fraction of sp³-hybridized carbons (Fsp3) is 0.500. The van der Waals surface area contributed by atoms with Crippen molar-refractivity contribution in [2.75, 3.05) is 166 Å². The molecule has 6 aromatic carbocycles. The van der Waals surface area contributed by atoms with Gasteiger partial charge >= 0.3 is 17.7 Å². The third kappa shape index (κ3) is 42.3. The van der Waals surface area contributed by atoms with Crippen molar-refractivity contribution < 1.29 is 107 Å². The van der Waals surface area contributed by atoms with Crippen LogP contribution in [0.4, 0.5) is 30.2 Å². The van der Waals surface area contributed by atoms with Crippen molar-refractivity contribution in [2.24, 2.45) is 0 Å². The van der Waals surface area contributed by atoms with Crippen molar-refractivity contribution in [2.45, 2.75) is 142 Å². The minimum absolute atomic E-state index is 0.00639. The SMILES string of the molecule is CCCS(=O)(=O)c1cccc2c(N(C)C)cccc12.CCNC(=O)c1ccccc1.CCNC(C)=O.CCNCc1ccc([N+](C)(C)C)cc1.CCOCC(O)C1OC(=O)C(=O)C1=O.CCOCC(O)C1OC(=O)C(O)=C1O.CCOS(=O)(=O)c1cccc2c(N(C)C)cccc12.CCc1cn(CCF)nn1.CCc1nnn(CCF)n1.CF.C[N+](C)(C)C. The lowest BCUT2D eigenvalue weighted by Crippen LogP contribution is -2.36. The van der Waals surface area contributed by atoms with Gasteiger partial charge in [-0.15, -0.1) is 15.3 Å². The van der Waals surface area contributed by atoms with Crippen LogP contribution in [0.15, 0.2) is 155 Å². The number of cyclic esters (lactones) is 2. The molecule has 10 rings (SSSR count). The molecule has 7 N–H and O–H groups in total. The van der Waals surface area contributed by atoms with Gasteiger partial charge in [0.05, 0.1) is 106 Å². The lowest BCUT2D eigenvalue weighted by atomic mass is 10.1. The Hall–Kier alpha value is -10.4. The highest BCUT2D eigenvalue weighted by Crippen LogP contribution is 2.33. The number of aryl methyl sites for hydroxylation is 4. The van der Waals surface area contributed by atoms with E-state index in [1.165, 1.54) is 27.7 Å². The molecule has 2 aliphatic rings. The Kier molecular flexibility index (Phi) is 55.1. The first kappa shape index (κ1) is 114. The second-order valence-electron chi connectivity index (χ2n) is 29.1. The van der Waals surface area contributed by atoms with E-state index in [0.717, 1.165) is 74.7 Å². The smallest absolute Gasteiger partial charge is 0.383 e. The molecular formula is C86H133F3N14O19S2+2. The zero-order valence-electron chi connectivity index (χ0n) is 75.8. The number of Topliss-reactive ketones (excluding diaryl/α,β-unsaturated/α-hetero) is 2. The molecule has 2 aliphatic heterocycles. The van der Waals surface area contributed by atoms with E-state index < -0.39 is 86.1 Å². The number of esters is 2. The van der Waals surface area contributed by atoms with Gasteiger partial charge < -0.3 is 69.6 Å². The number of hydrogen-bond donors (Lipinski definition) is 7. The Morgan fingerprint density at radius 1 is 0.589 bits per heavy atom. The Morgan fingerprint density at radius 2 is 1.08 bits per heavy atom. The van der Waals surface area contributed by atoms with Gasteiger partial charge in [0.2, 0.25) is 11.7 Å². The van der Waals surface area contributed by atoms with Gasteiger partial charge in [-0.05, 0) is 113 Å². The van der Waals surface area contributed by atoms with Crippen molar-refractivity contribution in [3.63, 3.8) is 0 Å². The molecule has 4 atom stereocenters. The highest BCUT2D eigenvalue weighted by atomic mass is 32.2. The summed E-state index contributed by atoms with van der Waals surface area (Å²) in [6.07, 6.45) is -1.10. The number of hydrogen-bond acceptors (Lipinski definition) is 27. The lowest BCUT2D eigenvalue weighted by molar-refractivity contribution is -0.849. The number of ketones is 2. The van der Waals surface area contributed by atoms with E-state index in [0.29, 0.717) is 61.6 Å². The first-order valence-corrected chi connectivity index (χ1v) is 43.3. The highest BCUT2D eigenvalue weighted by molar-refractivity contribution is 7.91. The van der Waals surface area contributed by atoms with Crippen LogP contribution < -0.4 is 30.2 Å². The van der Waals surface area contributed by atoms with Crippen LogP contribution in [0.25, 0.3) is 21.5 Å². The number of aromatic nitrogens is 7. The van der Waals surface area contributed by atoms with E-state index in [1.807, 2.05) is 139 Å². The maximum Gasteiger partial charge on any atom is 0.383 e. The van der Waals surface area contributed by atoms with Crippen LogP contribution in [0.5, 0.6) is 0 Å². The predicted octanol–water partition coefficient (Wildman–Crippen LogP) is 9.30. The number of amides is 2. The second kappa shape index (κ2) is 60.2. The summed E-state index contributed by atoms with van der Waals surface area (Å²) in [4.78, 5) is 70.0. The van der Waals surface area contributed by atoms with Crippen molar-refractivity contribution >= 4 is 93.9 Å². The van der Waals surface area contributed by atoms with Crippen LogP contribution in [-0.4, -0.2) is 293 Å². The molecule has 1 saturated heterocycles. The number of aliphatic hydroxyl groups excluding tert-OH is 4. The zero-order valence-corrected chi connectivity index (χ0v) is 77.4. The van der Waals surface area contributed by atoms with Crippen LogP contribution in [0.2, 0.25) is 0 Å². The molecule has 0 saturated carbocycles. The minimum atomic E-state index is -3.70. The number of carbonyl (C=O) groups excluding carboxylic acids is 6. The topological polar surface area (TPSA) is 415 Å². The lowest BCUT2D eigenvalue weighted by Gasteiger charge is -2.23. The number of ether oxygens (including phenoxy) is 4. The fourth-order valence-corrected chi connectivity index (χ4v) is 12.9. The van der Waals surface area contributed by atoms with E-state index in [2.05, 4.69) is 132 Å². The van der Waals surface area contributed by atoms with E-state index in [-0.39, 0.29) is 55.5 Å². The average Bonchev–Trinajstić information content (AvgIpc) is 1.19. The summed E-state index contributed by atoms with van der Waals surface area (Å²) in [5.74, 6) is -5.10. The number of quaternary nitrogens is 2. The van der Waals surface area contributed by atoms with Crippen LogP contribution in [0.3, 0.4) is 0 Å². The number of aliphatic hydroxyl groups is 4. The molecule has 692 valence electrons. The Bertz CT molecular complexity index is 4540. The van der Waals surface area contributed by atoms with Gasteiger partial charge in [0, 0.05) is 119 Å². The Morgan fingerprint density at radius 3 is 1.48 bits per heavy atom. The van der Waals surface area contributed by atoms with Gasteiger partial charge in [-0.1, -0.05) is 112 Å². The Labute approximate surface area is 729 Å². The first-order valence-electron chi connectivity index (χ1n) is 40.3. The van der Waals surface area contributed by atoms with Crippen molar-refractivity contribution in [3.05, 3.63) is 168 Å². The second-order valence-corrected chi connectivity index (χ2v) is 32.7. The number of rotatable bonds is 29. The largest absolute Gasteiger partial charge is 0.505 e. The maximum atomic E-state index is 12.3. The number of tetrazole rings is 1. The van der Waals surface area contributed by atoms with Crippen LogP contribution in [-0.2, 0) is 99.5 Å². The summed E-state index contributed by atoms with van der Waals surface area (Å²) in [6.45, 7) is 22.1. The van der Waals surface area contributed by atoms with Gasteiger partial charge in [-0.25, -0.2) is 31.5 Å². The van der Waals surface area contributed by atoms with Crippen molar-refractivity contribution in [1.29, 1.82) is 0 Å². The molecular weight excluding hydrogens is 1650 g/mol. The molecule has 2 aromatic heterocycles. The molecule has 1 fully saturated rings. The fourth-order valence-electron chi connectivity index (χ4n) is 10.2. The van der Waals surface area contributed by atoms with Gasteiger partial charge in [-0.2, -0.15) is 13.2 Å². The number of nitrogens with one attached hydrogen (secondary N) is 3. The molecule has 8 aromatic rings. The summed E-state index contributed by atoms with van der Waals surface area (Å²) >= 11 is 0. The van der Waals surface area contributed by atoms with E-state index >= 15 is 0 Å². The normalized spacial score (nSPS) is 13.7. The van der Waals surface area contributed by atoms with E-state index in [4.69, 9.17) is 23.9 Å². The van der Waals surface area contributed by atoms with Crippen LogP contribution in [0, 0.1) is 0 Å². The van der Waals surface area contributed by atoms with E-state index in [9.17, 15) is 69.0 Å². The molecule has 33 nitrogen and oxygen atoms in total. The quantitative estimate of drug-likeness (QED) is 0.00993. The molecule has 4 heterocycles. The first-order chi connectivity index (χ1) is 58.5. The number of anilines is 2. The number of nitrogens with zero attached hydrogens (tertiary/aromatic N) is 11. The number of fused-ring (bicyclic) bond motifs is 2. The standard InChI is InChI=1S/C15H19NO2S.C14H17NO3S.C12H21N2.C9H11NO.C8H12O6.C8H10O6.C6H10FN3.C5H9FN4.C4H9NO.C4H12N.CH3F/c1-4-11-19(17,18)15-10-6-7-12-13(15)8-5-9-14(12)16(2)3;1-4-18-19(16,17)14-10-6-7-11-12(14)8-5-9-13(11)15(2)3;1-5-13-10-11-6-8-12(9-7-11)14(2,3)4;1-2-10-9(11)8-6-4-3-5-7-8;2*1-2-13-3-4(9)7-5(10)6(11)8(12)14-7;1-2-6-5-10(4-3-7)9-8-6;1-2-5-7-9-10(8-5)4-3-6;1-3-5-4(2)6;1-5(2,3)4;1-2/h5-10H,4,11H2,1-3H3;5-10H,4H2,1-3H3;6-9,13H,5,10H2,1-4H3;3-7H,2H2,1H3,(H,10,11);4,7,9-11H,2-3H2,1H3;4,7,9H,2-3H2,1H3;5H,2-4H2,1H3;2-4H2,1H3;3H2,1-2H3,(H,5,6);1-4H3;1H3/q;;+1;;;;;;;+1;. The third-order valence-electron chi connectivity index (χ3n) is 16.0. The third-order valence-corrected chi connectivity index (χ3v) is 19.4. The maximum absolute atomic E-state index is 12.3. The predicted molar refractivity (Wildman–Crippen MR) is 476 cm³/mol. The van der Waals surface area contributed by atoms with Crippen LogP contribution >= 0.6 is 0 Å². The molecule has 2 amide bonds. The summed E-state index contributed by atoms with van der Waals surface area (Å²) in [6, 6.07) is 40.1. The zero-order chi connectivity index (χ0) is 94.5. The summed E-state index contributed by atoms with van der Waals surface area (Å²) < 4.78 is 109. The Balaban J connectivity index is 0.00000138. The van der Waals surface area contributed by atoms with E-state index in [1.54, 1.807) is 63.4 Å². The van der Waals surface area contributed by atoms with Gasteiger partial charge in [0.15, 0.2) is 33.6 Å². The van der Waals surface area contributed by atoms with Crippen LogP contribution in [0.1, 0.15) is 103 Å². The number of benzene rings is 6. The van der Waals surface area contributed by atoms with Gasteiger partial charge in [-0.3, -0.25) is 32.2 Å². The molecule has 0 aliphatic carbocycles. The number of alkyl halides is 3. The molecule has 4 unspecified atom stereocenters. The van der Waals surface area contributed by atoms with Gasteiger partial charge in [0.1, 0.15) is 36.1 Å². The number of halogens is 3. The molecule has 38 heteroatoms. The molecule has 0 spiro atoms. The van der Waals surface area contributed by atoms with Crippen molar-refractivity contribution in [1.82, 2.24) is 55.6 Å².